The van der Waals surface area contributed by atoms with Gasteiger partial charge in [0.2, 0.25) is 0 Å². The van der Waals surface area contributed by atoms with Gasteiger partial charge in [-0.25, -0.2) is 0 Å². The molecule has 0 spiro atoms. The largest absolute Gasteiger partial charge is 0.310 e. The highest BCUT2D eigenvalue weighted by Gasteiger charge is 2.20. The number of hydrogen-bond donors (Lipinski definition) is 1. The van der Waals surface area contributed by atoms with Gasteiger partial charge in [-0.05, 0) is 12.8 Å². The van der Waals surface area contributed by atoms with Crippen molar-refractivity contribution in [2.75, 3.05) is 11.5 Å². The predicted molar refractivity (Wildman–Crippen MR) is 62.5 cm³/mol. The molecule has 1 nitrogen and oxygen atoms in total. The Bertz CT molecular complexity index is 123. The van der Waals surface area contributed by atoms with E-state index in [-0.39, 0.29) is 0 Å². The van der Waals surface area contributed by atoms with Crippen LogP contribution in [-0.4, -0.2) is 23.6 Å². The van der Waals surface area contributed by atoms with Crippen LogP contribution in [0.15, 0.2) is 0 Å². The molecule has 0 aromatic heterocycles. The Morgan fingerprint density at radius 2 is 2.00 bits per heavy atom. The van der Waals surface area contributed by atoms with Crippen molar-refractivity contribution in [1.29, 1.82) is 0 Å². The second-order valence-electron chi connectivity index (χ2n) is 4.03. The number of thioether (sulfide) groups is 1. The van der Waals surface area contributed by atoms with Crippen LogP contribution in [0.3, 0.4) is 0 Å². The minimum Gasteiger partial charge on any atom is -0.310 e. The van der Waals surface area contributed by atoms with Crippen LogP contribution >= 0.6 is 11.8 Å². The van der Waals surface area contributed by atoms with Crippen molar-refractivity contribution in [2.45, 2.75) is 58.0 Å². The first-order chi connectivity index (χ1) is 6.36. The molecule has 1 rings (SSSR count). The maximum Gasteiger partial charge on any atom is 0.0251 e. The van der Waals surface area contributed by atoms with Crippen LogP contribution in [0, 0.1) is 0 Å². The summed E-state index contributed by atoms with van der Waals surface area (Å²) in [5.74, 6) is 2.68. The summed E-state index contributed by atoms with van der Waals surface area (Å²) in [7, 11) is 0. The van der Waals surface area contributed by atoms with E-state index in [0.29, 0.717) is 0 Å². The van der Waals surface area contributed by atoms with Crippen LogP contribution in [0.1, 0.15) is 46.0 Å². The summed E-state index contributed by atoms with van der Waals surface area (Å²) < 4.78 is 0. The lowest BCUT2D eigenvalue weighted by Gasteiger charge is -2.31. The topological polar surface area (TPSA) is 12.0 Å². The van der Waals surface area contributed by atoms with E-state index in [9.17, 15) is 0 Å². The molecule has 78 valence electrons. The molecule has 1 unspecified atom stereocenters. The van der Waals surface area contributed by atoms with E-state index in [1.54, 1.807) is 0 Å². The van der Waals surface area contributed by atoms with E-state index in [4.69, 9.17) is 0 Å². The number of unbranched alkanes of at least 4 members (excludes halogenated alkanes) is 1. The van der Waals surface area contributed by atoms with Crippen LogP contribution in [0.25, 0.3) is 0 Å². The van der Waals surface area contributed by atoms with E-state index >= 15 is 0 Å². The summed E-state index contributed by atoms with van der Waals surface area (Å²) in [6, 6.07) is 1.63. The molecule has 2 heteroatoms. The summed E-state index contributed by atoms with van der Waals surface area (Å²) in [6.45, 7) is 4.57. The van der Waals surface area contributed by atoms with Gasteiger partial charge < -0.3 is 5.32 Å². The maximum atomic E-state index is 3.77. The van der Waals surface area contributed by atoms with Crippen molar-refractivity contribution in [3.63, 3.8) is 0 Å². The highest BCUT2D eigenvalue weighted by molar-refractivity contribution is 8.00. The molecule has 1 heterocycles. The predicted octanol–water partition coefficient (Wildman–Crippen LogP) is 3.05. The molecule has 0 saturated carbocycles. The van der Waals surface area contributed by atoms with Gasteiger partial charge in [-0.2, -0.15) is 11.8 Å². The molecule has 1 N–H and O–H groups in total. The first kappa shape index (κ1) is 11.4. The van der Waals surface area contributed by atoms with E-state index in [1.165, 1.54) is 43.6 Å². The average molecular weight is 201 g/mol. The summed E-state index contributed by atoms with van der Waals surface area (Å²) in [5, 5.41) is 3.77. The van der Waals surface area contributed by atoms with Crippen LogP contribution < -0.4 is 5.32 Å². The molecule has 0 aromatic carbocycles. The van der Waals surface area contributed by atoms with Crippen LogP contribution in [0.5, 0.6) is 0 Å². The van der Waals surface area contributed by atoms with Gasteiger partial charge in [0.25, 0.3) is 0 Å². The first-order valence-corrected chi connectivity index (χ1v) is 6.86. The molecule has 0 aliphatic carbocycles. The maximum absolute atomic E-state index is 3.77. The molecule has 1 fully saturated rings. The second kappa shape index (κ2) is 6.72. The third kappa shape index (κ3) is 4.37. The van der Waals surface area contributed by atoms with Gasteiger partial charge in [0.1, 0.15) is 0 Å². The van der Waals surface area contributed by atoms with Gasteiger partial charge in [0, 0.05) is 23.6 Å². The number of hydrogen-bond acceptors (Lipinski definition) is 2. The zero-order chi connectivity index (χ0) is 9.52. The van der Waals surface area contributed by atoms with Gasteiger partial charge in [-0.1, -0.05) is 33.1 Å². The zero-order valence-corrected chi connectivity index (χ0v) is 9.83. The van der Waals surface area contributed by atoms with Gasteiger partial charge in [-0.15, -0.1) is 0 Å². The van der Waals surface area contributed by atoms with E-state index in [1.807, 2.05) is 0 Å². The molecule has 0 radical (unpaired) electrons. The molecule has 0 bridgehead atoms. The zero-order valence-electron chi connectivity index (χ0n) is 9.01. The van der Waals surface area contributed by atoms with E-state index in [2.05, 4.69) is 30.9 Å². The van der Waals surface area contributed by atoms with Crippen LogP contribution in [-0.2, 0) is 0 Å². The Hall–Kier alpha value is 0.310. The lowest BCUT2D eigenvalue weighted by molar-refractivity contribution is 0.401. The van der Waals surface area contributed by atoms with Crippen molar-refractivity contribution in [3.8, 4) is 0 Å². The highest BCUT2D eigenvalue weighted by Crippen LogP contribution is 2.19. The van der Waals surface area contributed by atoms with Gasteiger partial charge in [0.05, 0.1) is 0 Å². The third-order valence-electron chi connectivity index (χ3n) is 2.65. The smallest absolute Gasteiger partial charge is 0.0251 e. The molecule has 0 amide bonds. The summed E-state index contributed by atoms with van der Waals surface area (Å²) in [6.07, 6.45) is 6.78. The van der Waals surface area contributed by atoms with Gasteiger partial charge in [-0.3, -0.25) is 0 Å². The summed E-state index contributed by atoms with van der Waals surface area (Å²) >= 11 is 2.07. The minimum atomic E-state index is 0.802. The van der Waals surface area contributed by atoms with Crippen molar-refractivity contribution in [2.24, 2.45) is 0 Å². The number of rotatable bonds is 7. The van der Waals surface area contributed by atoms with Gasteiger partial charge >= 0.3 is 0 Å². The molecular weight excluding hydrogens is 178 g/mol. The fourth-order valence-electron chi connectivity index (χ4n) is 1.78. The third-order valence-corrected chi connectivity index (χ3v) is 3.93. The Morgan fingerprint density at radius 3 is 2.46 bits per heavy atom. The standard InChI is InChI=1S/C11H23NS/c1-3-5-7-10(6-4-2)12-11-8-13-9-11/h10-12H,3-9H2,1-2H3. The fourth-order valence-corrected chi connectivity index (χ4v) is 2.44. The summed E-state index contributed by atoms with van der Waals surface area (Å²) in [5.41, 5.74) is 0. The van der Waals surface area contributed by atoms with Crippen LogP contribution in [0.2, 0.25) is 0 Å². The van der Waals surface area contributed by atoms with E-state index < -0.39 is 0 Å². The Morgan fingerprint density at radius 1 is 1.23 bits per heavy atom. The fraction of sp³-hybridized carbons (Fsp3) is 1.00. The molecule has 0 aromatic rings. The highest BCUT2D eigenvalue weighted by atomic mass is 32.2. The molecular formula is C11H23NS. The monoisotopic (exact) mass is 201 g/mol. The molecule has 1 aliphatic rings. The van der Waals surface area contributed by atoms with Crippen molar-refractivity contribution in [3.05, 3.63) is 0 Å². The van der Waals surface area contributed by atoms with Crippen LogP contribution in [0.4, 0.5) is 0 Å². The van der Waals surface area contributed by atoms with Crippen molar-refractivity contribution < 1.29 is 0 Å². The quantitative estimate of drug-likeness (QED) is 0.679. The average Bonchev–Trinajstić information content (AvgIpc) is 2.07. The Balaban J connectivity index is 2.11. The SMILES string of the molecule is CCCCC(CCC)NC1CSC1. The second-order valence-corrected chi connectivity index (χ2v) is 5.10. The molecule has 1 aliphatic heterocycles. The normalized spacial score (nSPS) is 19.8. The lowest BCUT2D eigenvalue weighted by Crippen LogP contribution is -2.46. The van der Waals surface area contributed by atoms with Crippen molar-refractivity contribution in [1.82, 2.24) is 5.32 Å². The minimum absolute atomic E-state index is 0.802. The number of nitrogens with one attached hydrogen (secondary N) is 1. The molecule has 1 saturated heterocycles. The van der Waals surface area contributed by atoms with Gasteiger partial charge in [0.15, 0.2) is 0 Å². The van der Waals surface area contributed by atoms with Crippen molar-refractivity contribution >= 4 is 11.8 Å². The lowest BCUT2D eigenvalue weighted by atomic mass is 10.0. The Kier molecular flexibility index (Phi) is 5.88. The first-order valence-electron chi connectivity index (χ1n) is 5.70. The summed E-state index contributed by atoms with van der Waals surface area (Å²) in [4.78, 5) is 0. The Labute approximate surface area is 87.1 Å². The van der Waals surface area contributed by atoms with E-state index in [0.717, 1.165) is 12.1 Å². The molecule has 1 atom stereocenters. The molecule has 13 heavy (non-hydrogen) atoms.